The van der Waals surface area contributed by atoms with Crippen LogP contribution in [0.5, 0.6) is 0 Å². The van der Waals surface area contributed by atoms with Gasteiger partial charge in [0.15, 0.2) is 0 Å². The number of benzene rings is 1. The van der Waals surface area contributed by atoms with Crippen LogP contribution in [-0.4, -0.2) is 23.3 Å². The maximum Gasteiger partial charge on any atom is 0.235 e. The number of amides is 2. The third-order valence-corrected chi connectivity index (χ3v) is 3.39. The minimum Gasteiger partial charge on any atom is -0.320 e. The number of likely N-dealkylation sites (tertiary alicyclic amines) is 1. The minimum atomic E-state index is -0.602. The third-order valence-electron chi connectivity index (χ3n) is 3.39. The van der Waals surface area contributed by atoms with E-state index in [9.17, 15) is 9.59 Å². The highest BCUT2D eigenvalue weighted by Crippen LogP contribution is 2.32. The van der Waals surface area contributed by atoms with Crippen molar-refractivity contribution in [2.24, 2.45) is 11.1 Å². The van der Waals surface area contributed by atoms with Gasteiger partial charge in [0, 0.05) is 12.0 Å². The van der Waals surface area contributed by atoms with Gasteiger partial charge in [0.2, 0.25) is 11.8 Å². The molecule has 4 heteroatoms. The Morgan fingerprint density at radius 3 is 2.60 bits per heavy atom. The van der Waals surface area contributed by atoms with Crippen molar-refractivity contribution in [3.63, 3.8) is 0 Å². The number of hydrogen-bond donors (Lipinski definition) is 1. The summed E-state index contributed by atoms with van der Waals surface area (Å²) in [6, 6.07) is 7.50. The zero-order chi connectivity index (χ0) is 14.8. The molecule has 4 nitrogen and oxygen atoms in total. The predicted molar refractivity (Wildman–Crippen MR) is 76.3 cm³/mol. The highest BCUT2D eigenvalue weighted by atomic mass is 16.2. The van der Waals surface area contributed by atoms with Gasteiger partial charge in [0.25, 0.3) is 0 Å². The Labute approximate surface area is 118 Å². The fourth-order valence-corrected chi connectivity index (χ4v) is 2.28. The molecule has 20 heavy (non-hydrogen) atoms. The van der Waals surface area contributed by atoms with Gasteiger partial charge < -0.3 is 5.73 Å². The lowest BCUT2D eigenvalue weighted by atomic mass is 9.92. The summed E-state index contributed by atoms with van der Waals surface area (Å²) in [6.07, 6.45) is 0.266. The Morgan fingerprint density at radius 2 is 2.00 bits per heavy atom. The van der Waals surface area contributed by atoms with Gasteiger partial charge in [-0.15, -0.1) is 0 Å². The second-order valence-corrected chi connectivity index (χ2v) is 5.51. The van der Waals surface area contributed by atoms with Crippen molar-refractivity contribution in [3.8, 4) is 11.8 Å². The predicted octanol–water partition coefficient (Wildman–Crippen LogP) is 1.28. The van der Waals surface area contributed by atoms with Gasteiger partial charge in [-0.05, 0) is 11.6 Å². The molecule has 2 amide bonds. The molecule has 2 N–H and O–H groups in total. The van der Waals surface area contributed by atoms with Crippen LogP contribution in [0.3, 0.4) is 0 Å². The minimum absolute atomic E-state index is 0.121. The SMILES string of the molecule is CC1(C)CC(=O)N(Cc2ccccc2C#CCN)C1=O. The molecule has 0 radical (unpaired) electrons. The first kappa shape index (κ1) is 14.3. The molecule has 2 rings (SSSR count). The number of rotatable bonds is 2. The Hall–Kier alpha value is -2.12. The topological polar surface area (TPSA) is 63.4 Å². The van der Waals surface area contributed by atoms with E-state index in [1.807, 2.05) is 24.3 Å². The molecule has 1 fully saturated rings. The van der Waals surface area contributed by atoms with Crippen LogP contribution in [0.2, 0.25) is 0 Å². The highest BCUT2D eigenvalue weighted by molar-refractivity contribution is 6.05. The quantitative estimate of drug-likeness (QED) is 0.650. The molecule has 1 aliphatic heterocycles. The molecule has 1 saturated heterocycles. The molecular formula is C16H18N2O2. The Morgan fingerprint density at radius 1 is 1.30 bits per heavy atom. The van der Waals surface area contributed by atoms with Crippen LogP contribution < -0.4 is 5.73 Å². The Kier molecular flexibility index (Phi) is 3.91. The third kappa shape index (κ3) is 2.73. The average molecular weight is 270 g/mol. The second-order valence-electron chi connectivity index (χ2n) is 5.51. The molecule has 1 aromatic rings. The number of nitrogens with zero attached hydrogens (tertiary/aromatic N) is 1. The molecule has 0 aliphatic carbocycles. The maximum atomic E-state index is 12.2. The number of imide groups is 1. The van der Waals surface area contributed by atoms with E-state index < -0.39 is 5.41 Å². The van der Waals surface area contributed by atoms with Crippen LogP contribution in [0.15, 0.2) is 24.3 Å². The van der Waals surface area contributed by atoms with Crippen molar-refractivity contribution < 1.29 is 9.59 Å². The van der Waals surface area contributed by atoms with Crippen LogP contribution in [0.1, 0.15) is 31.4 Å². The van der Waals surface area contributed by atoms with Crippen LogP contribution in [-0.2, 0) is 16.1 Å². The van der Waals surface area contributed by atoms with Crippen LogP contribution in [0.4, 0.5) is 0 Å². The summed E-state index contributed by atoms with van der Waals surface area (Å²) < 4.78 is 0. The first-order valence-corrected chi connectivity index (χ1v) is 6.57. The van der Waals surface area contributed by atoms with E-state index in [4.69, 9.17) is 5.73 Å². The standard InChI is InChI=1S/C16H18N2O2/c1-16(2)10-14(19)18(15(16)20)11-13-7-4-3-6-12(13)8-5-9-17/h3-4,6-7H,9-11,17H2,1-2H3. The van der Waals surface area contributed by atoms with Crippen LogP contribution >= 0.6 is 0 Å². The van der Waals surface area contributed by atoms with E-state index in [1.54, 1.807) is 13.8 Å². The van der Waals surface area contributed by atoms with E-state index in [2.05, 4.69) is 11.8 Å². The van der Waals surface area contributed by atoms with Gasteiger partial charge in [-0.3, -0.25) is 14.5 Å². The Bertz CT molecular complexity index is 608. The molecule has 0 unspecified atom stereocenters. The molecule has 0 bridgehead atoms. The lowest BCUT2D eigenvalue weighted by Crippen LogP contribution is -2.32. The first-order chi connectivity index (χ1) is 9.45. The van der Waals surface area contributed by atoms with Crippen molar-refractivity contribution in [2.75, 3.05) is 6.54 Å². The fourth-order valence-electron chi connectivity index (χ4n) is 2.28. The lowest BCUT2D eigenvalue weighted by molar-refractivity contribution is -0.141. The number of carbonyl (C=O) groups excluding carboxylic acids is 2. The molecule has 0 saturated carbocycles. The van der Waals surface area contributed by atoms with E-state index in [0.717, 1.165) is 11.1 Å². The van der Waals surface area contributed by atoms with Gasteiger partial charge in [0.05, 0.1) is 18.5 Å². The summed E-state index contributed by atoms with van der Waals surface area (Å²) in [7, 11) is 0. The number of nitrogens with two attached hydrogens (primary N) is 1. The van der Waals surface area contributed by atoms with Crippen molar-refractivity contribution in [2.45, 2.75) is 26.8 Å². The first-order valence-electron chi connectivity index (χ1n) is 6.57. The summed E-state index contributed by atoms with van der Waals surface area (Å²) in [5.41, 5.74) is 6.45. The van der Waals surface area contributed by atoms with E-state index >= 15 is 0 Å². The molecule has 1 aromatic carbocycles. The van der Waals surface area contributed by atoms with E-state index in [-0.39, 0.29) is 31.3 Å². The van der Waals surface area contributed by atoms with Crippen molar-refractivity contribution >= 4 is 11.8 Å². The zero-order valence-electron chi connectivity index (χ0n) is 11.8. The number of carbonyl (C=O) groups is 2. The second kappa shape index (κ2) is 5.48. The molecule has 1 heterocycles. The van der Waals surface area contributed by atoms with Gasteiger partial charge in [-0.2, -0.15) is 0 Å². The normalized spacial score (nSPS) is 17.1. The molecule has 0 atom stereocenters. The molecule has 1 aliphatic rings. The Balaban J connectivity index is 2.27. The van der Waals surface area contributed by atoms with Crippen molar-refractivity contribution in [3.05, 3.63) is 35.4 Å². The van der Waals surface area contributed by atoms with Gasteiger partial charge in [-0.1, -0.05) is 43.9 Å². The molecular weight excluding hydrogens is 252 g/mol. The molecule has 0 aromatic heterocycles. The van der Waals surface area contributed by atoms with Gasteiger partial charge >= 0.3 is 0 Å². The average Bonchev–Trinajstić information content (AvgIpc) is 2.60. The summed E-state index contributed by atoms with van der Waals surface area (Å²) in [5.74, 6) is 5.53. The summed E-state index contributed by atoms with van der Waals surface area (Å²) in [4.78, 5) is 25.5. The highest BCUT2D eigenvalue weighted by Gasteiger charge is 2.44. The summed E-state index contributed by atoms with van der Waals surface area (Å²) in [6.45, 7) is 4.15. The van der Waals surface area contributed by atoms with E-state index in [1.165, 1.54) is 4.90 Å². The fraction of sp³-hybridized carbons (Fsp3) is 0.375. The smallest absolute Gasteiger partial charge is 0.235 e. The van der Waals surface area contributed by atoms with Crippen molar-refractivity contribution in [1.82, 2.24) is 4.90 Å². The maximum absolute atomic E-state index is 12.2. The monoisotopic (exact) mass is 270 g/mol. The van der Waals surface area contributed by atoms with Gasteiger partial charge in [0.1, 0.15) is 0 Å². The number of hydrogen-bond acceptors (Lipinski definition) is 3. The van der Waals surface area contributed by atoms with Crippen LogP contribution in [0.25, 0.3) is 0 Å². The zero-order valence-corrected chi connectivity index (χ0v) is 11.8. The lowest BCUT2D eigenvalue weighted by Gasteiger charge is -2.18. The van der Waals surface area contributed by atoms with Gasteiger partial charge in [-0.25, -0.2) is 0 Å². The van der Waals surface area contributed by atoms with E-state index in [0.29, 0.717) is 0 Å². The largest absolute Gasteiger partial charge is 0.320 e. The summed E-state index contributed by atoms with van der Waals surface area (Å²) in [5, 5.41) is 0. The molecule has 0 spiro atoms. The summed E-state index contributed by atoms with van der Waals surface area (Å²) >= 11 is 0. The molecule has 104 valence electrons. The van der Waals surface area contributed by atoms with Crippen LogP contribution in [0, 0.1) is 17.3 Å². The van der Waals surface area contributed by atoms with Crippen molar-refractivity contribution in [1.29, 1.82) is 0 Å².